The molecule has 0 fully saturated rings. The predicted octanol–water partition coefficient (Wildman–Crippen LogP) is 3.31. The molecule has 1 aliphatic rings. The highest BCUT2D eigenvalue weighted by Gasteiger charge is 2.24. The van der Waals surface area contributed by atoms with Gasteiger partial charge in [0.15, 0.2) is 0 Å². The summed E-state index contributed by atoms with van der Waals surface area (Å²) in [5, 5.41) is 2.82. The van der Waals surface area contributed by atoms with Crippen molar-refractivity contribution in [1.82, 2.24) is 0 Å². The third-order valence-corrected chi connectivity index (χ3v) is 4.11. The molecule has 2 amide bonds. The van der Waals surface area contributed by atoms with Gasteiger partial charge in [-0.25, -0.2) is 4.39 Å². The van der Waals surface area contributed by atoms with Gasteiger partial charge in [0.1, 0.15) is 5.82 Å². The molecule has 0 atom stereocenters. The van der Waals surface area contributed by atoms with E-state index in [1.807, 2.05) is 18.2 Å². The predicted molar refractivity (Wildman–Crippen MR) is 91.5 cm³/mol. The van der Waals surface area contributed by atoms with Crippen LogP contribution in [0.4, 0.5) is 15.8 Å². The molecule has 4 nitrogen and oxygen atoms in total. The maximum atomic E-state index is 13.3. The molecule has 0 spiro atoms. The molecule has 5 heteroatoms. The monoisotopic (exact) mass is 326 g/mol. The summed E-state index contributed by atoms with van der Waals surface area (Å²) < 4.78 is 13.3. The lowest BCUT2D eigenvalue weighted by Crippen LogP contribution is -2.36. The number of benzene rings is 2. The Morgan fingerprint density at radius 2 is 2.00 bits per heavy atom. The largest absolute Gasteiger partial charge is 0.326 e. The number of fused-ring (bicyclic) bond motifs is 1. The van der Waals surface area contributed by atoms with Crippen molar-refractivity contribution in [2.24, 2.45) is 0 Å². The molecule has 0 saturated heterocycles. The van der Waals surface area contributed by atoms with Gasteiger partial charge in [-0.3, -0.25) is 9.59 Å². The van der Waals surface area contributed by atoms with E-state index < -0.39 is 0 Å². The lowest BCUT2D eigenvalue weighted by atomic mass is 9.98. The second kappa shape index (κ2) is 6.83. The number of anilines is 2. The van der Waals surface area contributed by atoms with Crippen molar-refractivity contribution >= 4 is 23.2 Å². The molecule has 0 unspecified atom stereocenters. The number of carbonyl (C=O) groups is 2. The zero-order valence-corrected chi connectivity index (χ0v) is 13.5. The molecule has 0 aliphatic carbocycles. The molecule has 0 bridgehead atoms. The Morgan fingerprint density at radius 1 is 1.21 bits per heavy atom. The van der Waals surface area contributed by atoms with E-state index in [2.05, 4.69) is 5.32 Å². The first-order valence-electron chi connectivity index (χ1n) is 7.99. The number of rotatable bonds is 3. The quantitative estimate of drug-likeness (QED) is 0.941. The number of amides is 2. The third kappa shape index (κ3) is 3.45. The van der Waals surface area contributed by atoms with Gasteiger partial charge in [0.25, 0.3) is 0 Å². The molecule has 124 valence electrons. The van der Waals surface area contributed by atoms with Crippen LogP contribution in [-0.2, 0) is 22.4 Å². The van der Waals surface area contributed by atoms with E-state index in [9.17, 15) is 14.0 Å². The third-order valence-electron chi connectivity index (χ3n) is 4.11. The van der Waals surface area contributed by atoms with Crippen LogP contribution >= 0.6 is 0 Å². The Hall–Kier alpha value is -2.69. The van der Waals surface area contributed by atoms with E-state index in [4.69, 9.17) is 0 Å². The van der Waals surface area contributed by atoms with Crippen molar-refractivity contribution < 1.29 is 14.0 Å². The van der Waals surface area contributed by atoms with E-state index in [0.717, 1.165) is 29.8 Å². The maximum Gasteiger partial charge on any atom is 0.231 e. The number of nitrogens with zero attached hydrogens (tertiary/aromatic N) is 1. The summed E-state index contributed by atoms with van der Waals surface area (Å²) in [6.45, 7) is 2.10. The minimum atomic E-state index is -0.340. The molecule has 2 aromatic carbocycles. The Morgan fingerprint density at radius 3 is 2.75 bits per heavy atom. The number of nitrogens with one attached hydrogen (secondary N) is 1. The smallest absolute Gasteiger partial charge is 0.231 e. The molecule has 0 saturated carbocycles. The first-order valence-corrected chi connectivity index (χ1v) is 7.99. The maximum absolute atomic E-state index is 13.3. The first kappa shape index (κ1) is 16.2. The van der Waals surface area contributed by atoms with Gasteiger partial charge < -0.3 is 10.2 Å². The van der Waals surface area contributed by atoms with Crippen molar-refractivity contribution in [3.8, 4) is 0 Å². The van der Waals surface area contributed by atoms with Crippen LogP contribution in [0.25, 0.3) is 0 Å². The van der Waals surface area contributed by atoms with Gasteiger partial charge in [-0.2, -0.15) is 0 Å². The van der Waals surface area contributed by atoms with E-state index in [1.165, 1.54) is 19.1 Å². The number of carbonyl (C=O) groups excluding carboxylic acids is 2. The molecule has 24 heavy (non-hydrogen) atoms. The van der Waals surface area contributed by atoms with E-state index in [1.54, 1.807) is 17.0 Å². The fourth-order valence-corrected chi connectivity index (χ4v) is 3.11. The zero-order valence-electron chi connectivity index (χ0n) is 13.5. The minimum Gasteiger partial charge on any atom is -0.326 e. The van der Waals surface area contributed by atoms with Gasteiger partial charge in [0.2, 0.25) is 11.8 Å². The van der Waals surface area contributed by atoms with Crippen LogP contribution in [0.5, 0.6) is 0 Å². The molecule has 2 aromatic rings. The lowest BCUT2D eigenvalue weighted by Gasteiger charge is -2.31. The Kier molecular flexibility index (Phi) is 4.60. The van der Waals surface area contributed by atoms with Crippen LogP contribution in [-0.4, -0.2) is 18.4 Å². The molecule has 3 rings (SSSR count). The van der Waals surface area contributed by atoms with Crippen LogP contribution in [0, 0.1) is 5.82 Å². The number of hydrogen-bond acceptors (Lipinski definition) is 2. The molecular weight excluding hydrogens is 307 g/mol. The van der Waals surface area contributed by atoms with E-state index in [0.29, 0.717) is 12.1 Å². The van der Waals surface area contributed by atoms with Gasteiger partial charge in [0, 0.05) is 24.8 Å². The van der Waals surface area contributed by atoms with Gasteiger partial charge in [-0.1, -0.05) is 18.2 Å². The Bertz CT molecular complexity index is 789. The second-order valence-electron chi connectivity index (χ2n) is 5.94. The summed E-state index contributed by atoms with van der Waals surface area (Å²) in [6, 6.07) is 11.7. The highest BCUT2D eigenvalue weighted by atomic mass is 19.1. The van der Waals surface area contributed by atoms with Crippen molar-refractivity contribution in [1.29, 1.82) is 0 Å². The second-order valence-corrected chi connectivity index (χ2v) is 5.94. The number of hydrogen-bond donors (Lipinski definition) is 1. The van der Waals surface area contributed by atoms with Crippen molar-refractivity contribution in [3.05, 3.63) is 59.4 Å². The summed E-state index contributed by atoms with van der Waals surface area (Å²) in [6.07, 6.45) is 1.80. The van der Waals surface area contributed by atoms with Crippen LogP contribution < -0.4 is 10.2 Å². The van der Waals surface area contributed by atoms with Crippen LogP contribution in [0.3, 0.4) is 0 Å². The van der Waals surface area contributed by atoms with E-state index >= 15 is 0 Å². The first-order chi connectivity index (χ1) is 11.5. The summed E-state index contributed by atoms with van der Waals surface area (Å²) in [4.78, 5) is 25.8. The van der Waals surface area contributed by atoms with Gasteiger partial charge in [-0.15, -0.1) is 0 Å². The summed E-state index contributed by atoms with van der Waals surface area (Å²) in [7, 11) is 0. The lowest BCUT2D eigenvalue weighted by molar-refractivity contribution is -0.118. The average molecular weight is 326 g/mol. The zero-order chi connectivity index (χ0) is 17.1. The van der Waals surface area contributed by atoms with Gasteiger partial charge in [-0.05, 0) is 48.2 Å². The van der Waals surface area contributed by atoms with Gasteiger partial charge >= 0.3 is 0 Å². The molecule has 0 aromatic heterocycles. The fraction of sp³-hybridized carbons (Fsp3) is 0.263. The van der Waals surface area contributed by atoms with E-state index in [-0.39, 0.29) is 24.1 Å². The summed E-state index contributed by atoms with van der Waals surface area (Å²) in [5.74, 6) is -0.541. The van der Waals surface area contributed by atoms with Gasteiger partial charge in [0.05, 0.1) is 6.42 Å². The standard InChI is InChI=1S/C19H19FN2O2/c1-13(23)21-17-8-3-9-18-16(17)7-4-10-22(18)19(24)12-14-5-2-6-15(20)11-14/h2-3,5-6,8-9,11H,4,7,10,12H2,1H3,(H,21,23). The summed E-state index contributed by atoms with van der Waals surface area (Å²) in [5.41, 5.74) is 3.22. The number of halogens is 1. The molecule has 1 N–H and O–H groups in total. The van der Waals surface area contributed by atoms with Crippen molar-refractivity contribution in [2.75, 3.05) is 16.8 Å². The Balaban J connectivity index is 1.86. The minimum absolute atomic E-state index is 0.0680. The van der Waals surface area contributed by atoms with Crippen molar-refractivity contribution in [3.63, 3.8) is 0 Å². The van der Waals surface area contributed by atoms with Crippen molar-refractivity contribution in [2.45, 2.75) is 26.2 Å². The molecular formula is C19H19FN2O2. The van der Waals surface area contributed by atoms with Crippen LogP contribution in [0.2, 0.25) is 0 Å². The van der Waals surface area contributed by atoms with Crippen LogP contribution in [0.1, 0.15) is 24.5 Å². The molecule has 0 radical (unpaired) electrons. The highest BCUT2D eigenvalue weighted by Crippen LogP contribution is 2.33. The van der Waals surface area contributed by atoms with Crippen LogP contribution in [0.15, 0.2) is 42.5 Å². The highest BCUT2D eigenvalue weighted by molar-refractivity contribution is 5.98. The fourth-order valence-electron chi connectivity index (χ4n) is 3.11. The average Bonchev–Trinajstić information content (AvgIpc) is 2.54. The normalized spacial score (nSPS) is 13.3. The summed E-state index contributed by atoms with van der Waals surface area (Å²) >= 11 is 0. The SMILES string of the molecule is CC(=O)Nc1cccc2c1CCCN2C(=O)Cc1cccc(F)c1. The molecule has 1 aliphatic heterocycles. The Labute approximate surface area is 140 Å². The molecule has 1 heterocycles. The topological polar surface area (TPSA) is 49.4 Å².